The number of rotatable bonds is 38. The molecule has 3 N–H and O–H groups in total. The van der Waals surface area contributed by atoms with Gasteiger partial charge in [-0.3, -0.25) is 4.79 Å². The van der Waals surface area contributed by atoms with E-state index in [0.29, 0.717) is 73.4 Å². The molecule has 1 heterocycles. The number of anilines is 1. The molecule has 1 aromatic heterocycles. The van der Waals surface area contributed by atoms with Gasteiger partial charge in [-0.05, 0) is 80.2 Å². The molecule has 3 rings (SSSR count). The molecule has 66 heavy (non-hydrogen) atoms. The molecule has 2 aromatic carbocycles. The predicted octanol–water partition coefficient (Wildman–Crippen LogP) is 11.8. The number of benzene rings is 2. The van der Waals surface area contributed by atoms with Crippen molar-refractivity contribution in [3.05, 3.63) is 53.6 Å². The quantitative estimate of drug-likeness (QED) is 0.0467. The zero-order chi connectivity index (χ0) is 47.6. The van der Waals surface area contributed by atoms with E-state index >= 15 is 0 Å². The topological polar surface area (TPSA) is 164 Å². The van der Waals surface area contributed by atoms with Crippen molar-refractivity contribution in [2.45, 2.75) is 162 Å². The van der Waals surface area contributed by atoms with E-state index < -0.39 is 12.1 Å². The number of amides is 2. The van der Waals surface area contributed by atoms with Crippen molar-refractivity contribution in [2.75, 3.05) is 59.6 Å². The number of carbonyl (C=O) groups is 2. The van der Waals surface area contributed by atoms with Crippen LogP contribution in [0.15, 0.2) is 42.5 Å². The summed E-state index contributed by atoms with van der Waals surface area (Å²) in [4.78, 5) is 38.9. The van der Waals surface area contributed by atoms with Crippen molar-refractivity contribution in [3.63, 3.8) is 0 Å². The lowest BCUT2D eigenvalue weighted by molar-refractivity contribution is -0.123. The van der Waals surface area contributed by atoms with Gasteiger partial charge in [-0.1, -0.05) is 130 Å². The summed E-state index contributed by atoms with van der Waals surface area (Å²) in [6, 6.07) is 12.7. The number of aromatic nitrogens is 3. The highest BCUT2D eigenvalue weighted by atomic mass is 16.5. The fraction of sp³-hybridized carbons (Fsp3) is 0.673. The Morgan fingerprint density at radius 2 is 1.12 bits per heavy atom. The molecular formula is C52H84N6O8. The average Bonchev–Trinajstić information content (AvgIpc) is 3.34. The fourth-order valence-corrected chi connectivity index (χ4v) is 7.82. The van der Waals surface area contributed by atoms with Gasteiger partial charge >= 0.3 is 18.1 Å². The van der Waals surface area contributed by atoms with Gasteiger partial charge in [0.25, 0.3) is 5.91 Å². The average molecular weight is 921 g/mol. The number of hydrogen-bond acceptors (Lipinski definition) is 12. The second-order valence-corrected chi connectivity index (χ2v) is 17.3. The van der Waals surface area contributed by atoms with Crippen molar-refractivity contribution in [1.82, 2.24) is 25.6 Å². The molecule has 0 aliphatic rings. The minimum atomic E-state index is -0.589. The number of nitrogens with one attached hydrogen (secondary N) is 3. The summed E-state index contributed by atoms with van der Waals surface area (Å²) in [6.07, 6.45) is 22.5. The van der Waals surface area contributed by atoms with E-state index in [1.165, 1.54) is 84.2 Å². The molecule has 0 saturated carbocycles. The first-order valence-electron chi connectivity index (χ1n) is 25.1. The van der Waals surface area contributed by atoms with Crippen LogP contribution in [0.3, 0.4) is 0 Å². The maximum Gasteiger partial charge on any atom is 0.407 e. The molecule has 0 aliphatic carbocycles. The van der Waals surface area contributed by atoms with Crippen LogP contribution in [0, 0.1) is 11.8 Å². The van der Waals surface area contributed by atoms with Gasteiger partial charge in [-0.25, -0.2) is 4.79 Å². The van der Waals surface area contributed by atoms with Crippen LogP contribution < -0.4 is 39.6 Å². The molecule has 0 radical (unpaired) electrons. The molecule has 2 amide bonds. The molecular weight excluding hydrogens is 837 g/mol. The number of methoxy groups -OCH3 is 3. The molecule has 0 fully saturated rings. The highest BCUT2D eigenvalue weighted by molar-refractivity contribution is 5.77. The molecule has 370 valence electrons. The summed E-state index contributed by atoms with van der Waals surface area (Å²) in [6.45, 7) is 11.3. The van der Waals surface area contributed by atoms with Crippen LogP contribution in [0.1, 0.15) is 173 Å². The number of carbonyl (C=O) groups excluding carboxylic acids is 2. The van der Waals surface area contributed by atoms with Crippen molar-refractivity contribution in [3.8, 4) is 29.3 Å². The monoisotopic (exact) mass is 921 g/mol. The second-order valence-electron chi connectivity index (χ2n) is 17.3. The first-order valence-corrected chi connectivity index (χ1v) is 25.1. The van der Waals surface area contributed by atoms with Gasteiger partial charge in [0.1, 0.15) is 17.2 Å². The number of ether oxygens (including phenoxy) is 6. The van der Waals surface area contributed by atoms with Gasteiger partial charge in [0.2, 0.25) is 5.95 Å². The normalized spacial score (nSPS) is 12.4. The molecule has 14 nitrogen and oxygen atoms in total. The maximum atomic E-state index is 12.6. The van der Waals surface area contributed by atoms with E-state index in [0.717, 1.165) is 62.5 Å². The number of nitrogens with zero attached hydrogens (tertiary/aromatic N) is 3. The number of unbranched alkanes of at least 4 members (excludes halogenated alkanes) is 11. The van der Waals surface area contributed by atoms with E-state index in [-0.39, 0.29) is 12.5 Å². The summed E-state index contributed by atoms with van der Waals surface area (Å²) in [7, 11) is 4.45. The van der Waals surface area contributed by atoms with Crippen LogP contribution in [-0.4, -0.2) is 81.2 Å². The summed E-state index contributed by atoms with van der Waals surface area (Å²) in [5.41, 5.74) is 1.49. The molecule has 3 atom stereocenters. The summed E-state index contributed by atoms with van der Waals surface area (Å²) in [5.74, 6) is 2.94. The fourth-order valence-electron chi connectivity index (χ4n) is 7.82. The van der Waals surface area contributed by atoms with Gasteiger partial charge in [0, 0.05) is 24.7 Å². The summed E-state index contributed by atoms with van der Waals surface area (Å²) in [5, 5.41) is 9.23. The Kier molecular flexibility index (Phi) is 28.8. The predicted molar refractivity (Wildman–Crippen MR) is 263 cm³/mol. The molecule has 3 aromatic rings. The van der Waals surface area contributed by atoms with E-state index in [1.54, 1.807) is 38.5 Å². The first-order chi connectivity index (χ1) is 32.3. The lowest BCUT2D eigenvalue weighted by Gasteiger charge is -2.22. The Bertz CT molecular complexity index is 1700. The zero-order valence-electron chi connectivity index (χ0n) is 41.6. The minimum Gasteiger partial charge on any atom is -0.497 e. The third kappa shape index (κ3) is 22.5. The molecule has 3 unspecified atom stereocenters. The standard InChI is InChI=1S/C52H84N6O8/c1-8-12-16-20-26-40(24-14-10-3)37-65-50-56-49(57-51(58-50)66-38-41(25-15-11-4)27-21-17-13-9-2)54-35-23-19-18-22-34-53-47(59)39-64-43-30-28-42(29-31-43)48(55-52(60)63-7)45-33-32-44(61-5)36-46(45)62-6/h28-33,36,40-41,48H,8-27,34-35,37-39H2,1-7H3,(H,53,59)(H,55,60)(H,54,56,57,58). The Labute approximate surface area is 396 Å². The van der Waals surface area contributed by atoms with Gasteiger partial charge in [-0.2, -0.15) is 9.97 Å². The summed E-state index contributed by atoms with van der Waals surface area (Å²) >= 11 is 0. The molecule has 0 saturated heterocycles. The van der Waals surface area contributed by atoms with Crippen LogP contribution in [0.5, 0.6) is 29.3 Å². The lowest BCUT2D eigenvalue weighted by Crippen LogP contribution is -2.30. The van der Waals surface area contributed by atoms with Crippen LogP contribution in [0.4, 0.5) is 10.7 Å². The van der Waals surface area contributed by atoms with E-state index in [9.17, 15) is 9.59 Å². The SMILES string of the molecule is CCCCCCC(CCCC)COc1nc(NCCCCCCNC(=O)COc2ccc(C(NC(=O)OC)c3ccc(OC)cc3OC)cc2)nc(OCC(CCCC)CCCCCC)n1. The van der Waals surface area contributed by atoms with Crippen LogP contribution >= 0.6 is 0 Å². The molecule has 0 bridgehead atoms. The van der Waals surface area contributed by atoms with Crippen molar-refractivity contribution >= 4 is 17.9 Å². The highest BCUT2D eigenvalue weighted by Crippen LogP contribution is 2.34. The highest BCUT2D eigenvalue weighted by Gasteiger charge is 2.22. The number of hydrogen-bond donors (Lipinski definition) is 3. The van der Waals surface area contributed by atoms with Gasteiger partial charge in [-0.15, -0.1) is 4.98 Å². The van der Waals surface area contributed by atoms with Crippen molar-refractivity contribution < 1.29 is 38.0 Å². The molecule has 14 heteroatoms. The van der Waals surface area contributed by atoms with Crippen LogP contribution in [0.25, 0.3) is 0 Å². The first kappa shape index (κ1) is 55.3. The Morgan fingerprint density at radius 3 is 1.67 bits per heavy atom. The van der Waals surface area contributed by atoms with Crippen molar-refractivity contribution in [1.29, 1.82) is 0 Å². The largest absolute Gasteiger partial charge is 0.497 e. The van der Waals surface area contributed by atoms with E-state index in [1.807, 2.05) is 18.2 Å². The number of alkyl carbamates (subject to hydrolysis) is 1. The van der Waals surface area contributed by atoms with Crippen LogP contribution in [0.2, 0.25) is 0 Å². The Hall–Kier alpha value is -5.01. The van der Waals surface area contributed by atoms with Gasteiger partial charge < -0.3 is 44.4 Å². The molecule has 0 aliphatic heterocycles. The van der Waals surface area contributed by atoms with E-state index in [4.69, 9.17) is 28.4 Å². The lowest BCUT2D eigenvalue weighted by atomic mass is 9.96. The van der Waals surface area contributed by atoms with E-state index in [2.05, 4.69) is 58.6 Å². The van der Waals surface area contributed by atoms with Crippen molar-refractivity contribution in [2.24, 2.45) is 11.8 Å². The Morgan fingerprint density at radius 1 is 0.576 bits per heavy atom. The molecule has 0 spiro atoms. The van der Waals surface area contributed by atoms with Gasteiger partial charge in [0.05, 0.1) is 40.6 Å². The summed E-state index contributed by atoms with van der Waals surface area (Å²) < 4.78 is 34.2. The Balaban J connectivity index is 1.48. The second kappa shape index (κ2) is 34.3. The van der Waals surface area contributed by atoms with Gasteiger partial charge in [0.15, 0.2) is 6.61 Å². The smallest absolute Gasteiger partial charge is 0.407 e. The van der Waals surface area contributed by atoms with Crippen LogP contribution in [-0.2, 0) is 9.53 Å². The zero-order valence-corrected chi connectivity index (χ0v) is 41.6. The minimum absolute atomic E-state index is 0.112. The third-order valence-electron chi connectivity index (χ3n) is 11.8. The third-order valence-corrected chi connectivity index (χ3v) is 11.8. The maximum absolute atomic E-state index is 12.6.